The first kappa shape index (κ1) is 21.7. The minimum absolute atomic E-state index is 0.0696. The summed E-state index contributed by atoms with van der Waals surface area (Å²) in [5.41, 5.74) is 6.07. The summed E-state index contributed by atoms with van der Waals surface area (Å²) in [6.45, 7) is 8.35. The van der Waals surface area contributed by atoms with Gasteiger partial charge in [-0.25, -0.2) is 8.42 Å². The zero-order valence-electron chi connectivity index (χ0n) is 18.6. The molecular formula is C24H29N3O3S. The predicted molar refractivity (Wildman–Crippen MR) is 120 cm³/mol. The lowest BCUT2D eigenvalue weighted by atomic mass is 9.93. The normalized spacial score (nSPS) is 17.7. The van der Waals surface area contributed by atoms with Crippen molar-refractivity contribution in [1.82, 2.24) is 14.4 Å². The summed E-state index contributed by atoms with van der Waals surface area (Å²) in [7, 11) is -3.65. The van der Waals surface area contributed by atoms with E-state index < -0.39 is 10.0 Å². The molecule has 1 fully saturated rings. The fraction of sp³-hybridized carbons (Fsp3) is 0.417. The summed E-state index contributed by atoms with van der Waals surface area (Å²) in [6, 6.07) is 12.8. The number of benzene rings is 1. The van der Waals surface area contributed by atoms with Crippen LogP contribution in [0.5, 0.6) is 0 Å². The molecule has 0 N–H and O–H groups in total. The number of hydrogen-bond donors (Lipinski definition) is 0. The van der Waals surface area contributed by atoms with Crippen molar-refractivity contribution in [2.45, 2.75) is 57.8 Å². The Morgan fingerprint density at radius 3 is 2.61 bits per heavy atom. The Kier molecular flexibility index (Phi) is 5.99. The lowest BCUT2D eigenvalue weighted by molar-refractivity contribution is 0.311. The van der Waals surface area contributed by atoms with Crippen LogP contribution >= 0.6 is 0 Å². The van der Waals surface area contributed by atoms with Gasteiger partial charge in [0.2, 0.25) is 10.0 Å². The average Bonchev–Trinajstić information content (AvgIpc) is 3.06. The van der Waals surface area contributed by atoms with E-state index in [1.165, 1.54) is 16.7 Å². The molecule has 4 rings (SSSR count). The molecule has 0 saturated carbocycles. The summed E-state index contributed by atoms with van der Waals surface area (Å²) < 4.78 is 33.2. The third-order valence-electron chi connectivity index (χ3n) is 5.89. The topological polar surface area (TPSA) is 76.3 Å². The van der Waals surface area contributed by atoms with Gasteiger partial charge in [-0.15, -0.1) is 0 Å². The largest absolute Gasteiger partial charge is 0.360 e. The van der Waals surface area contributed by atoms with E-state index in [1.807, 2.05) is 6.92 Å². The second kappa shape index (κ2) is 8.55. The number of hydrogen-bond acceptors (Lipinski definition) is 5. The van der Waals surface area contributed by atoms with Crippen molar-refractivity contribution < 1.29 is 12.9 Å². The Morgan fingerprint density at radius 2 is 1.90 bits per heavy atom. The van der Waals surface area contributed by atoms with Crippen LogP contribution in [-0.2, 0) is 16.4 Å². The van der Waals surface area contributed by atoms with Crippen molar-refractivity contribution in [2.75, 3.05) is 13.1 Å². The molecule has 0 radical (unpaired) electrons. The highest BCUT2D eigenvalue weighted by Gasteiger charge is 2.35. The van der Waals surface area contributed by atoms with Gasteiger partial charge in [0.1, 0.15) is 10.6 Å². The van der Waals surface area contributed by atoms with Crippen LogP contribution in [0.15, 0.2) is 45.8 Å². The van der Waals surface area contributed by atoms with Gasteiger partial charge in [-0.3, -0.25) is 4.98 Å². The molecule has 7 heteroatoms. The predicted octanol–water partition coefficient (Wildman–Crippen LogP) is 4.46. The monoisotopic (exact) mass is 439 g/mol. The number of aromatic nitrogens is 2. The van der Waals surface area contributed by atoms with Gasteiger partial charge < -0.3 is 4.52 Å². The summed E-state index contributed by atoms with van der Waals surface area (Å²) in [4.78, 5) is 4.98. The maximum absolute atomic E-state index is 13.3. The Hall–Kier alpha value is -2.51. The zero-order valence-corrected chi connectivity index (χ0v) is 19.4. The number of rotatable bonds is 5. The fourth-order valence-corrected chi connectivity index (χ4v) is 6.33. The van der Waals surface area contributed by atoms with E-state index in [2.05, 4.69) is 48.5 Å². The van der Waals surface area contributed by atoms with Crippen molar-refractivity contribution >= 4 is 10.0 Å². The van der Waals surface area contributed by atoms with Crippen LogP contribution in [0.25, 0.3) is 0 Å². The first-order valence-electron chi connectivity index (χ1n) is 10.7. The number of aryl methyl sites for hydroxylation is 4. The molecule has 1 aromatic carbocycles. The van der Waals surface area contributed by atoms with E-state index >= 15 is 0 Å². The zero-order chi connectivity index (χ0) is 22.2. The van der Waals surface area contributed by atoms with Crippen molar-refractivity contribution in [3.63, 3.8) is 0 Å². The van der Waals surface area contributed by atoms with Gasteiger partial charge in [-0.2, -0.15) is 4.31 Å². The molecule has 3 aromatic rings. The van der Waals surface area contributed by atoms with Crippen LogP contribution in [0.3, 0.4) is 0 Å². The smallest absolute Gasteiger partial charge is 0.248 e. The van der Waals surface area contributed by atoms with Gasteiger partial charge in [0.15, 0.2) is 5.76 Å². The average molecular weight is 440 g/mol. The van der Waals surface area contributed by atoms with E-state index in [-0.39, 0.29) is 10.8 Å². The molecular weight excluding hydrogens is 410 g/mol. The molecule has 1 aliphatic heterocycles. The molecule has 1 atom stereocenters. The number of nitrogens with zero attached hydrogens (tertiary/aromatic N) is 3. The summed E-state index contributed by atoms with van der Waals surface area (Å²) in [5.74, 6) is 0.411. The van der Waals surface area contributed by atoms with E-state index in [4.69, 9.17) is 9.51 Å². The van der Waals surface area contributed by atoms with Crippen LogP contribution in [-0.4, -0.2) is 36.0 Å². The molecule has 1 saturated heterocycles. The van der Waals surface area contributed by atoms with Crippen LogP contribution in [0.2, 0.25) is 0 Å². The van der Waals surface area contributed by atoms with Crippen LogP contribution in [0.4, 0.5) is 0 Å². The van der Waals surface area contributed by atoms with E-state index in [0.717, 1.165) is 30.7 Å². The van der Waals surface area contributed by atoms with Gasteiger partial charge in [-0.05, 0) is 70.2 Å². The van der Waals surface area contributed by atoms with E-state index in [0.29, 0.717) is 24.5 Å². The second-order valence-electron chi connectivity index (χ2n) is 8.56. The SMILES string of the molecule is Cc1cccc(Cc2cc(C)nc([C@@H]3CCCN(S(=O)(=O)c4c(C)noc4C)C3)c2)c1. The van der Waals surface area contributed by atoms with Gasteiger partial charge in [0.05, 0.1) is 0 Å². The molecule has 31 heavy (non-hydrogen) atoms. The van der Waals surface area contributed by atoms with Crippen LogP contribution < -0.4 is 0 Å². The molecule has 3 heterocycles. The maximum Gasteiger partial charge on any atom is 0.248 e. The molecule has 2 aromatic heterocycles. The lowest BCUT2D eigenvalue weighted by Gasteiger charge is -2.31. The highest BCUT2D eigenvalue weighted by atomic mass is 32.2. The molecule has 0 bridgehead atoms. The quantitative estimate of drug-likeness (QED) is 0.587. The van der Waals surface area contributed by atoms with Crippen LogP contribution in [0.1, 0.15) is 58.3 Å². The van der Waals surface area contributed by atoms with Crippen molar-refractivity contribution in [3.8, 4) is 0 Å². The Morgan fingerprint density at radius 1 is 1.10 bits per heavy atom. The molecule has 0 spiro atoms. The van der Waals surface area contributed by atoms with Gasteiger partial charge in [0.25, 0.3) is 0 Å². The minimum atomic E-state index is -3.65. The van der Waals surface area contributed by atoms with E-state index in [9.17, 15) is 8.42 Å². The molecule has 0 amide bonds. The summed E-state index contributed by atoms with van der Waals surface area (Å²) >= 11 is 0. The standard InChI is InChI=1S/C24H29N3O3S/c1-16-7-5-8-20(11-16)13-21-12-17(2)25-23(14-21)22-9-6-10-27(15-22)31(28,29)24-18(3)26-30-19(24)4/h5,7-8,11-12,14,22H,6,9-10,13,15H2,1-4H3/t22-/m1/s1. The lowest BCUT2D eigenvalue weighted by Crippen LogP contribution is -2.39. The molecule has 6 nitrogen and oxygen atoms in total. The highest BCUT2D eigenvalue weighted by molar-refractivity contribution is 7.89. The maximum atomic E-state index is 13.3. The molecule has 164 valence electrons. The van der Waals surface area contributed by atoms with Crippen molar-refractivity contribution in [2.24, 2.45) is 0 Å². The summed E-state index contributed by atoms with van der Waals surface area (Å²) in [5, 5.41) is 3.83. The third kappa shape index (κ3) is 4.57. The van der Waals surface area contributed by atoms with Crippen LogP contribution in [0, 0.1) is 27.7 Å². The Labute approximate surface area is 184 Å². The van der Waals surface area contributed by atoms with Gasteiger partial charge in [0, 0.05) is 30.4 Å². The first-order chi connectivity index (χ1) is 14.7. The van der Waals surface area contributed by atoms with E-state index in [1.54, 1.807) is 18.2 Å². The second-order valence-corrected chi connectivity index (χ2v) is 10.4. The highest BCUT2D eigenvalue weighted by Crippen LogP contribution is 2.32. The van der Waals surface area contributed by atoms with Gasteiger partial charge in [-0.1, -0.05) is 35.0 Å². The minimum Gasteiger partial charge on any atom is -0.360 e. The number of piperidine rings is 1. The fourth-order valence-electron chi connectivity index (χ4n) is 4.51. The molecule has 0 unspecified atom stereocenters. The third-order valence-corrected chi connectivity index (χ3v) is 8.00. The number of pyridine rings is 1. The van der Waals surface area contributed by atoms with Gasteiger partial charge >= 0.3 is 0 Å². The molecule has 0 aliphatic carbocycles. The Balaban J connectivity index is 1.59. The molecule has 1 aliphatic rings. The summed E-state index contributed by atoms with van der Waals surface area (Å²) in [6.07, 6.45) is 2.57. The van der Waals surface area contributed by atoms with Crippen molar-refractivity contribution in [3.05, 3.63) is 75.9 Å². The number of sulfonamides is 1. The van der Waals surface area contributed by atoms with Crippen molar-refractivity contribution in [1.29, 1.82) is 0 Å². The first-order valence-corrected chi connectivity index (χ1v) is 12.1. The Bertz CT molecular complexity index is 1180.